The number of hydrogen-bond acceptors (Lipinski definition) is 4. The van der Waals surface area contributed by atoms with Gasteiger partial charge in [-0.25, -0.2) is 12.7 Å². The summed E-state index contributed by atoms with van der Waals surface area (Å²) in [5, 5.41) is 2.88. The van der Waals surface area contributed by atoms with Crippen LogP contribution >= 0.6 is 15.9 Å². The Balaban J connectivity index is 1.79. The minimum Gasteiger partial charge on any atom is -0.355 e. The normalized spacial score (nSPS) is 12.2. The highest BCUT2D eigenvalue weighted by Gasteiger charge is 2.30. The first-order valence-electron chi connectivity index (χ1n) is 12.6. The highest BCUT2D eigenvalue weighted by molar-refractivity contribution is 9.10. The van der Waals surface area contributed by atoms with E-state index in [-0.39, 0.29) is 36.2 Å². The molecule has 38 heavy (non-hydrogen) atoms. The van der Waals surface area contributed by atoms with Crippen molar-refractivity contribution >= 4 is 37.8 Å². The zero-order valence-electron chi connectivity index (χ0n) is 21.7. The lowest BCUT2D eigenvalue weighted by atomic mass is 10.0. The Morgan fingerprint density at radius 3 is 2.11 bits per heavy atom. The van der Waals surface area contributed by atoms with Crippen molar-refractivity contribution in [3.63, 3.8) is 0 Å². The molecule has 0 aliphatic heterocycles. The van der Waals surface area contributed by atoms with Crippen LogP contribution in [0.2, 0.25) is 0 Å². The Kier molecular flexibility index (Phi) is 11.1. The lowest BCUT2D eigenvalue weighted by molar-refractivity contribution is -0.141. The summed E-state index contributed by atoms with van der Waals surface area (Å²) in [4.78, 5) is 28.7. The first kappa shape index (κ1) is 29.5. The molecule has 3 rings (SSSR count). The van der Waals surface area contributed by atoms with Crippen LogP contribution in [0.5, 0.6) is 0 Å². The Morgan fingerprint density at radius 2 is 1.50 bits per heavy atom. The van der Waals surface area contributed by atoms with Crippen molar-refractivity contribution in [3.05, 3.63) is 101 Å². The maximum Gasteiger partial charge on any atom is 0.243 e. The molecule has 0 heterocycles. The molecule has 3 aromatic carbocycles. The van der Waals surface area contributed by atoms with E-state index in [0.29, 0.717) is 19.4 Å². The summed E-state index contributed by atoms with van der Waals surface area (Å²) in [5.41, 5.74) is 1.85. The average Bonchev–Trinajstić information content (AvgIpc) is 2.92. The van der Waals surface area contributed by atoms with Crippen molar-refractivity contribution in [3.8, 4) is 0 Å². The van der Waals surface area contributed by atoms with Gasteiger partial charge in [0, 0.05) is 44.0 Å². The fraction of sp³-hybridized carbons (Fsp3) is 0.310. The van der Waals surface area contributed by atoms with Crippen LogP contribution in [0.15, 0.2) is 94.3 Å². The molecule has 2 amide bonds. The van der Waals surface area contributed by atoms with Gasteiger partial charge in [-0.2, -0.15) is 0 Å². The first-order valence-corrected chi connectivity index (χ1v) is 14.8. The summed E-state index contributed by atoms with van der Waals surface area (Å²) in [7, 11) is -2.13. The van der Waals surface area contributed by atoms with Crippen LogP contribution < -0.4 is 5.32 Å². The number of halogens is 1. The van der Waals surface area contributed by atoms with Gasteiger partial charge in [0.25, 0.3) is 0 Å². The molecular formula is C29H34BrN3O4S. The first-order chi connectivity index (χ1) is 18.2. The summed E-state index contributed by atoms with van der Waals surface area (Å²) >= 11 is 3.44. The lowest BCUT2D eigenvalue weighted by Gasteiger charge is -2.31. The van der Waals surface area contributed by atoms with E-state index in [1.807, 2.05) is 61.5 Å². The molecule has 9 heteroatoms. The zero-order valence-corrected chi connectivity index (χ0v) is 24.1. The third-order valence-corrected chi connectivity index (χ3v) is 8.60. The van der Waals surface area contributed by atoms with E-state index in [0.717, 1.165) is 15.6 Å². The molecule has 0 aliphatic rings. The fourth-order valence-corrected chi connectivity index (χ4v) is 5.62. The molecule has 202 valence electrons. The Labute approximate surface area is 234 Å². The molecule has 0 aliphatic carbocycles. The van der Waals surface area contributed by atoms with Crippen LogP contribution in [-0.2, 0) is 32.6 Å². The molecule has 0 saturated heterocycles. The fourth-order valence-electron chi connectivity index (χ4n) is 4.12. The average molecular weight is 601 g/mol. The van der Waals surface area contributed by atoms with E-state index in [1.54, 1.807) is 35.2 Å². The number of carbonyl (C=O) groups excluding carboxylic acids is 2. The molecule has 0 saturated carbocycles. The largest absolute Gasteiger partial charge is 0.355 e. The van der Waals surface area contributed by atoms with Gasteiger partial charge in [0.15, 0.2) is 0 Å². The van der Waals surface area contributed by atoms with Gasteiger partial charge in [0.1, 0.15) is 6.04 Å². The van der Waals surface area contributed by atoms with Crippen molar-refractivity contribution in [2.24, 2.45) is 0 Å². The third-order valence-electron chi connectivity index (χ3n) is 6.20. The van der Waals surface area contributed by atoms with Gasteiger partial charge < -0.3 is 10.2 Å². The summed E-state index contributed by atoms with van der Waals surface area (Å²) in [6, 6.07) is 24.8. The second kappa shape index (κ2) is 14.2. The van der Waals surface area contributed by atoms with E-state index in [1.165, 1.54) is 11.4 Å². The SMILES string of the molecule is CCNC(=O)C(Cc1ccccc1)N(Cc1ccc(Br)cc1)C(=O)CCCN(C)S(=O)(=O)c1ccccc1. The molecule has 1 N–H and O–H groups in total. The summed E-state index contributed by atoms with van der Waals surface area (Å²) < 4.78 is 27.9. The van der Waals surface area contributed by atoms with Crippen molar-refractivity contribution in [1.82, 2.24) is 14.5 Å². The third kappa shape index (κ3) is 8.24. The van der Waals surface area contributed by atoms with Crippen LogP contribution in [0.1, 0.15) is 30.9 Å². The van der Waals surface area contributed by atoms with Gasteiger partial charge in [-0.1, -0.05) is 76.6 Å². The van der Waals surface area contributed by atoms with Crippen molar-refractivity contribution in [2.75, 3.05) is 20.1 Å². The van der Waals surface area contributed by atoms with Crippen LogP contribution in [0.3, 0.4) is 0 Å². The number of sulfonamides is 1. The quantitative estimate of drug-likeness (QED) is 0.310. The predicted molar refractivity (Wildman–Crippen MR) is 153 cm³/mol. The number of hydrogen-bond donors (Lipinski definition) is 1. The monoisotopic (exact) mass is 599 g/mol. The molecule has 7 nitrogen and oxygen atoms in total. The molecule has 3 aromatic rings. The molecule has 1 unspecified atom stereocenters. The van der Waals surface area contributed by atoms with Gasteiger partial charge in [-0.3, -0.25) is 9.59 Å². The van der Waals surface area contributed by atoms with Crippen LogP contribution in [-0.4, -0.2) is 55.6 Å². The maximum absolute atomic E-state index is 13.6. The summed E-state index contributed by atoms with van der Waals surface area (Å²) in [6.07, 6.45) is 0.804. The second-order valence-electron chi connectivity index (χ2n) is 8.99. The van der Waals surface area contributed by atoms with Crippen molar-refractivity contribution in [2.45, 2.75) is 43.7 Å². The smallest absolute Gasteiger partial charge is 0.243 e. The van der Waals surface area contributed by atoms with E-state index >= 15 is 0 Å². The van der Waals surface area contributed by atoms with Crippen molar-refractivity contribution in [1.29, 1.82) is 0 Å². The second-order valence-corrected chi connectivity index (χ2v) is 12.0. The maximum atomic E-state index is 13.6. The molecule has 0 spiro atoms. The van der Waals surface area contributed by atoms with Crippen molar-refractivity contribution < 1.29 is 18.0 Å². The van der Waals surface area contributed by atoms with E-state index < -0.39 is 16.1 Å². The summed E-state index contributed by atoms with van der Waals surface area (Å²) in [6.45, 7) is 2.74. The topological polar surface area (TPSA) is 86.8 Å². The number of carbonyl (C=O) groups is 2. The predicted octanol–water partition coefficient (Wildman–Crippen LogP) is 4.63. The molecule has 0 aromatic heterocycles. The van der Waals surface area contributed by atoms with E-state index in [4.69, 9.17) is 0 Å². The van der Waals surface area contributed by atoms with Gasteiger partial charge in [0.2, 0.25) is 21.8 Å². The number of nitrogens with one attached hydrogen (secondary N) is 1. The number of benzene rings is 3. The van der Waals surface area contributed by atoms with Gasteiger partial charge in [-0.05, 0) is 48.7 Å². The van der Waals surface area contributed by atoms with Crippen LogP contribution in [0.4, 0.5) is 0 Å². The lowest BCUT2D eigenvalue weighted by Crippen LogP contribution is -2.50. The van der Waals surface area contributed by atoms with Gasteiger partial charge >= 0.3 is 0 Å². The zero-order chi connectivity index (χ0) is 27.5. The van der Waals surface area contributed by atoms with Crippen LogP contribution in [0.25, 0.3) is 0 Å². The Hall–Kier alpha value is -3.01. The summed E-state index contributed by atoms with van der Waals surface area (Å²) in [5.74, 6) is -0.420. The van der Waals surface area contributed by atoms with E-state index in [9.17, 15) is 18.0 Å². The highest BCUT2D eigenvalue weighted by Crippen LogP contribution is 2.19. The van der Waals surface area contributed by atoms with E-state index in [2.05, 4.69) is 21.2 Å². The number of likely N-dealkylation sites (N-methyl/N-ethyl adjacent to an activating group) is 1. The van der Waals surface area contributed by atoms with Gasteiger partial charge in [-0.15, -0.1) is 0 Å². The minimum absolute atomic E-state index is 0.107. The minimum atomic E-state index is -3.65. The standard InChI is InChI=1S/C29H34BrN3O4S/c1-3-31-29(35)27(21-23-11-6-4-7-12-23)33(22-24-16-18-25(30)19-17-24)28(34)15-10-20-32(2)38(36,37)26-13-8-5-9-14-26/h4-9,11-14,16-19,27H,3,10,15,20-22H2,1-2H3,(H,31,35). The van der Waals surface area contributed by atoms with Crippen LogP contribution in [0, 0.1) is 0 Å². The number of rotatable bonds is 13. The Bertz CT molecular complexity index is 1290. The number of amides is 2. The molecule has 0 bridgehead atoms. The highest BCUT2D eigenvalue weighted by atomic mass is 79.9. The molecule has 0 radical (unpaired) electrons. The molecule has 1 atom stereocenters. The van der Waals surface area contributed by atoms with Gasteiger partial charge in [0.05, 0.1) is 4.90 Å². The molecule has 0 fully saturated rings. The Morgan fingerprint density at radius 1 is 0.895 bits per heavy atom. The number of nitrogens with zero attached hydrogens (tertiary/aromatic N) is 2. The molecular weight excluding hydrogens is 566 g/mol.